The van der Waals surface area contributed by atoms with Crippen molar-refractivity contribution in [2.24, 2.45) is 11.1 Å². The zero-order valence-electron chi connectivity index (χ0n) is 14.3. The molecule has 0 atom stereocenters. The van der Waals surface area contributed by atoms with Gasteiger partial charge < -0.3 is 9.25 Å². The van der Waals surface area contributed by atoms with Gasteiger partial charge in [-0.15, -0.1) is 0 Å². The Morgan fingerprint density at radius 1 is 1.12 bits per heavy atom. The summed E-state index contributed by atoms with van der Waals surface area (Å²) in [6.07, 6.45) is 5.06. The summed E-state index contributed by atoms with van der Waals surface area (Å²) in [5, 5.41) is 5.09. The number of rotatable bonds is 7. The Morgan fingerprint density at radius 2 is 1.88 bits per heavy atom. The molecule has 4 rings (SSSR count). The van der Waals surface area contributed by atoms with Crippen LogP contribution in [0.3, 0.4) is 0 Å². The molecule has 3 aromatic rings. The number of oxazole rings is 1. The number of nitrogens with zero attached hydrogens (tertiary/aromatic N) is 2. The van der Waals surface area contributed by atoms with Crippen molar-refractivity contribution in [3.05, 3.63) is 77.1 Å². The van der Waals surface area contributed by atoms with Gasteiger partial charge in [0.15, 0.2) is 6.61 Å². The number of aromatic nitrogens is 1. The molecule has 0 bridgehead atoms. The van der Waals surface area contributed by atoms with E-state index >= 15 is 0 Å². The molecule has 1 aliphatic rings. The number of hydrogen-bond acceptors (Lipinski definition) is 4. The summed E-state index contributed by atoms with van der Waals surface area (Å²) in [4.78, 5) is 10.0. The predicted octanol–water partition coefficient (Wildman–Crippen LogP) is 5.72. The van der Waals surface area contributed by atoms with E-state index in [-0.39, 0.29) is 6.61 Å². The van der Waals surface area contributed by atoms with E-state index in [0.29, 0.717) is 11.8 Å². The van der Waals surface area contributed by atoms with E-state index in [9.17, 15) is 0 Å². The van der Waals surface area contributed by atoms with Crippen molar-refractivity contribution in [2.75, 3.05) is 0 Å². The van der Waals surface area contributed by atoms with Crippen molar-refractivity contribution < 1.29 is 9.25 Å². The van der Waals surface area contributed by atoms with Crippen LogP contribution < -0.4 is 0 Å². The van der Waals surface area contributed by atoms with Gasteiger partial charge in [0.25, 0.3) is 0 Å². The summed E-state index contributed by atoms with van der Waals surface area (Å²) in [6.45, 7) is 0.276. The third-order valence-corrected chi connectivity index (χ3v) is 4.57. The minimum atomic E-state index is 0.276. The van der Waals surface area contributed by atoms with Crippen LogP contribution in [0.4, 0.5) is 0 Å². The fraction of sp³-hybridized carbons (Fsp3) is 0.238. The molecular weight excluding hydrogens is 348 g/mol. The summed E-state index contributed by atoms with van der Waals surface area (Å²) in [6, 6.07) is 17.5. The first-order valence-electron chi connectivity index (χ1n) is 8.72. The Bertz CT molecular complexity index is 884. The zero-order chi connectivity index (χ0) is 17.8. The molecule has 0 unspecified atom stereocenters. The molecule has 26 heavy (non-hydrogen) atoms. The lowest BCUT2D eigenvalue weighted by Crippen LogP contribution is -2.03. The fourth-order valence-electron chi connectivity index (χ4n) is 2.71. The summed E-state index contributed by atoms with van der Waals surface area (Å²) in [5.41, 5.74) is 3.66. The van der Waals surface area contributed by atoms with Gasteiger partial charge in [-0.2, -0.15) is 0 Å². The highest BCUT2D eigenvalue weighted by molar-refractivity contribution is 6.30. The van der Waals surface area contributed by atoms with E-state index in [1.807, 2.05) is 54.6 Å². The molecular formula is C21H19ClN2O2. The molecule has 0 saturated heterocycles. The predicted molar refractivity (Wildman–Crippen MR) is 102 cm³/mol. The second-order valence-electron chi connectivity index (χ2n) is 6.48. The smallest absolute Gasteiger partial charge is 0.226 e. The first-order chi connectivity index (χ1) is 12.8. The highest BCUT2D eigenvalue weighted by Gasteiger charge is 2.24. The lowest BCUT2D eigenvalue weighted by atomic mass is 10.1. The number of benzene rings is 2. The molecule has 0 spiro atoms. The van der Waals surface area contributed by atoms with Crippen LogP contribution in [0, 0.1) is 5.92 Å². The zero-order valence-corrected chi connectivity index (χ0v) is 15.0. The second kappa shape index (κ2) is 7.75. The highest BCUT2D eigenvalue weighted by atomic mass is 35.5. The van der Waals surface area contributed by atoms with Gasteiger partial charge in [-0.3, -0.25) is 0 Å². The van der Waals surface area contributed by atoms with Crippen LogP contribution >= 0.6 is 11.6 Å². The highest BCUT2D eigenvalue weighted by Crippen LogP contribution is 2.34. The minimum Gasteiger partial charge on any atom is -0.444 e. The van der Waals surface area contributed by atoms with Gasteiger partial charge in [0.2, 0.25) is 5.89 Å². The van der Waals surface area contributed by atoms with Crippen LogP contribution in [-0.2, 0) is 11.4 Å². The average Bonchev–Trinajstić information content (AvgIpc) is 3.37. The van der Waals surface area contributed by atoms with Gasteiger partial charge in [0.1, 0.15) is 12.0 Å². The van der Waals surface area contributed by atoms with Gasteiger partial charge in [0.05, 0.1) is 5.71 Å². The molecule has 0 N–H and O–H groups in total. The third-order valence-electron chi connectivity index (χ3n) is 4.32. The minimum absolute atomic E-state index is 0.276. The van der Waals surface area contributed by atoms with Crippen molar-refractivity contribution in [3.63, 3.8) is 0 Å². The second-order valence-corrected chi connectivity index (χ2v) is 6.91. The van der Waals surface area contributed by atoms with Crippen LogP contribution in [0.1, 0.15) is 30.5 Å². The maximum Gasteiger partial charge on any atom is 0.226 e. The average molecular weight is 367 g/mol. The van der Waals surface area contributed by atoms with Crippen molar-refractivity contribution in [2.45, 2.75) is 25.9 Å². The molecule has 0 radical (unpaired) electrons. The SMILES string of the molecule is Clc1ccc(/C(CC2CC2)=N/OCc2coc(-c3ccccc3)n2)cc1. The maximum absolute atomic E-state index is 5.98. The van der Waals surface area contributed by atoms with E-state index in [0.717, 1.165) is 34.0 Å². The Balaban J connectivity index is 1.43. The van der Waals surface area contributed by atoms with Gasteiger partial charge in [-0.1, -0.05) is 47.1 Å². The summed E-state index contributed by atoms with van der Waals surface area (Å²) < 4.78 is 5.53. The van der Waals surface area contributed by atoms with Crippen molar-refractivity contribution in [1.82, 2.24) is 4.98 Å². The van der Waals surface area contributed by atoms with Crippen LogP contribution in [0.2, 0.25) is 5.02 Å². The molecule has 2 aromatic carbocycles. The van der Waals surface area contributed by atoms with E-state index in [4.69, 9.17) is 20.9 Å². The topological polar surface area (TPSA) is 47.6 Å². The summed E-state index contributed by atoms with van der Waals surface area (Å²) >= 11 is 5.98. The van der Waals surface area contributed by atoms with Crippen LogP contribution in [0.5, 0.6) is 0 Å². The van der Waals surface area contributed by atoms with Crippen molar-refractivity contribution in [1.29, 1.82) is 0 Å². The Labute approximate surface area is 157 Å². The largest absolute Gasteiger partial charge is 0.444 e. The van der Waals surface area contributed by atoms with Crippen LogP contribution in [0.15, 0.2) is 70.4 Å². The van der Waals surface area contributed by atoms with E-state index in [1.54, 1.807) is 6.26 Å². The van der Waals surface area contributed by atoms with Crippen molar-refractivity contribution in [3.8, 4) is 11.5 Å². The molecule has 0 aliphatic heterocycles. The number of oxime groups is 1. The van der Waals surface area contributed by atoms with Crippen molar-refractivity contribution >= 4 is 17.3 Å². The lowest BCUT2D eigenvalue weighted by Gasteiger charge is -2.06. The lowest BCUT2D eigenvalue weighted by molar-refractivity contribution is 0.127. The standard InChI is InChI=1S/C21H19ClN2O2/c22-18-10-8-16(9-11-18)20(12-15-6-7-15)24-26-14-19-13-25-21(23-19)17-4-2-1-3-5-17/h1-5,8-11,13,15H,6-7,12,14H2/b24-20+. The van der Waals surface area contributed by atoms with Crippen LogP contribution in [-0.4, -0.2) is 10.7 Å². The van der Waals surface area contributed by atoms with E-state index in [1.165, 1.54) is 12.8 Å². The molecule has 5 heteroatoms. The first-order valence-corrected chi connectivity index (χ1v) is 9.10. The molecule has 1 fully saturated rings. The van der Waals surface area contributed by atoms with Gasteiger partial charge in [0, 0.05) is 10.6 Å². The van der Waals surface area contributed by atoms with Gasteiger partial charge >= 0.3 is 0 Å². The molecule has 132 valence electrons. The van der Waals surface area contributed by atoms with Gasteiger partial charge in [-0.05, 0) is 55.0 Å². The number of halogens is 1. The van der Waals surface area contributed by atoms with Crippen LogP contribution in [0.25, 0.3) is 11.5 Å². The molecule has 1 saturated carbocycles. The Hall–Kier alpha value is -2.59. The third kappa shape index (κ3) is 4.33. The van der Waals surface area contributed by atoms with E-state index in [2.05, 4.69) is 10.1 Å². The van der Waals surface area contributed by atoms with E-state index < -0.39 is 0 Å². The molecule has 1 aliphatic carbocycles. The maximum atomic E-state index is 5.98. The Kier molecular flexibility index (Phi) is 5.02. The fourth-order valence-corrected chi connectivity index (χ4v) is 2.83. The molecule has 0 amide bonds. The Morgan fingerprint density at radius 3 is 2.62 bits per heavy atom. The first kappa shape index (κ1) is 16.9. The monoisotopic (exact) mass is 366 g/mol. The quantitative estimate of drug-likeness (QED) is 0.397. The summed E-state index contributed by atoms with van der Waals surface area (Å²) in [5.74, 6) is 1.30. The normalized spacial score (nSPS) is 14.4. The molecule has 1 aromatic heterocycles. The molecule has 1 heterocycles. The molecule has 4 nitrogen and oxygen atoms in total. The summed E-state index contributed by atoms with van der Waals surface area (Å²) in [7, 11) is 0. The number of hydrogen-bond donors (Lipinski definition) is 0. The van der Waals surface area contributed by atoms with Gasteiger partial charge in [-0.25, -0.2) is 4.98 Å².